The first kappa shape index (κ1) is 29.2. The van der Waals surface area contributed by atoms with E-state index in [1.807, 2.05) is 0 Å². The van der Waals surface area contributed by atoms with Gasteiger partial charge in [-0.25, -0.2) is 22.6 Å². The number of carbonyl (C=O) groups excluding carboxylic acids is 2. The van der Waals surface area contributed by atoms with Crippen molar-refractivity contribution < 1.29 is 47.2 Å². The molecule has 5 rings (SSSR count). The van der Waals surface area contributed by atoms with Crippen LogP contribution in [-0.4, -0.2) is 117 Å². The molecule has 12 nitrogen and oxygen atoms in total. The Morgan fingerprint density at radius 1 is 1.17 bits per heavy atom. The van der Waals surface area contributed by atoms with E-state index in [-0.39, 0.29) is 29.6 Å². The maximum Gasteiger partial charge on any atom is 0.410 e. The van der Waals surface area contributed by atoms with Crippen LogP contribution in [0, 0.1) is 17.5 Å². The first-order chi connectivity index (χ1) is 19.6. The van der Waals surface area contributed by atoms with E-state index in [1.165, 1.54) is 24.9 Å². The van der Waals surface area contributed by atoms with Gasteiger partial charge in [-0.1, -0.05) is 5.21 Å². The van der Waals surface area contributed by atoms with Crippen molar-refractivity contribution in [3.05, 3.63) is 35.8 Å². The molecule has 0 aliphatic carbocycles. The van der Waals surface area contributed by atoms with Crippen molar-refractivity contribution in [2.24, 2.45) is 0 Å². The average molecular weight is 584 g/mol. The number of piperidine rings is 1. The van der Waals surface area contributed by atoms with Crippen molar-refractivity contribution in [1.82, 2.24) is 24.8 Å². The van der Waals surface area contributed by atoms with Gasteiger partial charge in [0.15, 0.2) is 17.5 Å². The zero-order chi connectivity index (χ0) is 29.4. The zero-order valence-electron chi connectivity index (χ0n) is 22.5. The molecular formula is C26H32F3N5O7. The molecule has 3 aliphatic heterocycles. The molecule has 3 aliphatic rings. The minimum atomic E-state index is -1.61. The van der Waals surface area contributed by atoms with Crippen LogP contribution in [0.1, 0.15) is 32.2 Å². The van der Waals surface area contributed by atoms with E-state index in [1.54, 1.807) is 9.80 Å². The number of methoxy groups -OCH3 is 1. The van der Waals surface area contributed by atoms with Crippen LogP contribution in [0.2, 0.25) is 0 Å². The monoisotopic (exact) mass is 583 g/mol. The Balaban J connectivity index is 1.32. The van der Waals surface area contributed by atoms with E-state index in [0.717, 1.165) is 12.1 Å². The molecule has 15 heteroatoms. The van der Waals surface area contributed by atoms with Gasteiger partial charge < -0.3 is 34.2 Å². The van der Waals surface area contributed by atoms with E-state index < -0.39 is 66.7 Å². The Morgan fingerprint density at radius 2 is 1.85 bits per heavy atom. The molecule has 0 radical (unpaired) electrons. The number of hydrogen-bond acceptors (Lipinski definition) is 9. The molecule has 1 aromatic heterocycles. The van der Waals surface area contributed by atoms with E-state index >= 15 is 0 Å². The van der Waals surface area contributed by atoms with Gasteiger partial charge in [0, 0.05) is 45.1 Å². The number of halogens is 3. The standard InChI is InChI=1S/C26H32F3N5O7/c1-13(36)32-5-3-15(4-6-32)33-10-16(40-26(33)38)9-20-25(39-2)23(24(37)21(12-35)41-20)34-11-19(30-31-34)14-7-17(27)22(29)18(28)8-14/h7-8,11,15-16,20-21,23-25,35,37H,3-6,9-10,12H2,1-2H3/t16?,20-,21-,23+,24+,25+/m1/s1. The lowest BCUT2D eigenvalue weighted by Crippen LogP contribution is -2.57. The Kier molecular flexibility index (Phi) is 8.50. The van der Waals surface area contributed by atoms with Crippen LogP contribution in [0.15, 0.2) is 18.3 Å². The number of likely N-dealkylation sites (tertiary alicyclic amines) is 1. The second kappa shape index (κ2) is 11.9. The number of rotatable bonds is 7. The summed E-state index contributed by atoms with van der Waals surface area (Å²) in [5.74, 6) is -4.39. The lowest BCUT2D eigenvalue weighted by atomic mass is 9.89. The zero-order valence-corrected chi connectivity index (χ0v) is 22.5. The van der Waals surface area contributed by atoms with E-state index in [0.29, 0.717) is 32.5 Å². The number of nitrogens with zero attached hydrogens (tertiary/aromatic N) is 5. The molecule has 0 saturated carbocycles. The molecule has 0 bridgehead atoms. The quantitative estimate of drug-likeness (QED) is 0.461. The van der Waals surface area contributed by atoms with Gasteiger partial charge in [0.2, 0.25) is 5.91 Å². The lowest BCUT2D eigenvalue weighted by Gasteiger charge is -2.44. The number of carbonyl (C=O) groups is 2. The molecule has 41 heavy (non-hydrogen) atoms. The number of ether oxygens (including phenoxy) is 3. The van der Waals surface area contributed by atoms with Gasteiger partial charge >= 0.3 is 6.09 Å². The summed E-state index contributed by atoms with van der Waals surface area (Å²) in [5, 5.41) is 28.9. The number of cyclic esters (lactones) is 1. The van der Waals surface area contributed by atoms with E-state index in [2.05, 4.69) is 10.3 Å². The van der Waals surface area contributed by atoms with Crippen molar-refractivity contribution in [2.75, 3.05) is 33.4 Å². The second-order valence-corrected chi connectivity index (χ2v) is 10.5. The Labute approximate surface area is 233 Å². The fourth-order valence-electron chi connectivity index (χ4n) is 5.93. The van der Waals surface area contributed by atoms with Crippen molar-refractivity contribution in [1.29, 1.82) is 0 Å². The molecule has 4 heterocycles. The predicted molar refractivity (Wildman–Crippen MR) is 134 cm³/mol. The molecule has 1 unspecified atom stereocenters. The topological polar surface area (TPSA) is 139 Å². The molecule has 224 valence electrons. The number of benzene rings is 1. The van der Waals surface area contributed by atoms with Gasteiger partial charge in [-0.15, -0.1) is 5.10 Å². The smallest absolute Gasteiger partial charge is 0.410 e. The van der Waals surface area contributed by atoms with Gasteiger partial charge in [-0.3, -0.25) is 4.79 Å². The molecule has 3 fully saturated rings. The summed E-state index contributed by atoms with van der Waals surface area (Å²) in [6.07, 6.45) is -2.21. The third-order valence-corrected chi connectivity index (χ3v) is 8.08. The van der Waals surface area contributed by atoms with Gasteiger partial charge in [0.25, 0.3) is 0 Å². The third kappa shape index (κ3) is 5.76. The van der Waals surface area contributed by atoms with Crippen LogP contribution < -0.4 is 0 Å². The van der Waals surface area contributed by atoms with Crippen LogP contribution >= 0.6 is 0 Å². The first-order valence-corrected chi connectivity index (χ1v) is 13.4. The summed E-state index contributed by atoms with van der Waals surface area (Å²) < 4.78 is 59.6. The lowest BCUT2D eigenvalue weighted by molar-refractivity contribution is -0.217. The second-order valence-electron chi connectivity index (χ2n) is 10.5. The van der Waals surface area contributed by atoms with Crippen LogP contribution in [0.3, 0.4) is 0 Å². The van der Waals surface area contributed by atoms with Crippen molar-refractivity contribution in [2.45, 2.75) is 68.8 Å². The largest absolute Gasteiger partial charge is 0.444 e. The number of aliphatic hydroxyl groups excluding tert-OH is 2. The molecule has 1 aromatic carbocycles. The SMILES string of the molecule is CO[C@@H]1[C@@H](n2cc(-c3cc(F)c(F)c(F)c3)nn2)[C@@H](O)[C@@H](CO)O[C@@H]1CC1CN(C2CCN(C(C)=O)CC2)C(=O)O1. The highest BCUT2D eigenvalue weighted by atomic mass is 19.2. The highest BCUT2D eigenvalue weighted by Crippen LogP contribution is 2.36. The van der Waals surface area contributed by atoms with Crippen LogP contribution in [0.5, 0.6) is 0 Å². The third-order valence-electron chi connectivity index (χ3n) is 8.08. The summed E-state index contributed by atoms with van der Waals surface area (Å²) in [6.45, 7) is 2.39. The number of aromatic nitrogens is 3. The summed E-state index contributed by atoms with van der Waals surface area (Å²) >= 11 is 0. The Morgan fingerprint density at radius 3 is 2.46 bits per heavy atom. The highest BCUT2D eigenvalue weighted by molar-refractivity contribution is 5.73. The number of amides is 2. The maximum absolute atomic E-state index is 13.8. The summed E-state index contributed by atoms with van der Waals surface area (Å²) in [7, 11) is 1.40. The van der Waals surface area contributed by atoms with Crippen LogP contribution in [0.4, 0.5) is 18.0 Å². The minimum Gasteiger partial charge on any atom is -0.444 e. The minimum absolute atomic E-state index is 0.00273. The van der Waals surface area contributed by atoms with Crippen LogP contribution in [-0.2, 0) is 19.0 Å². The van der Waals surface area contributed by atoms with Gasteiger partial charge in [-0.05, 0) is 25.0 Å². The molecule has 2 amide bonds. The molecule has 2 aromatic rings. The first-order valence-electron chi connectivity index (χ1n) is 13.4. The Hall–Kier alpha value is -3.27. The molecule has 6 atom stereocenters. The molecular weight excluding hydrogens is 551 g/mol. The predicted octanol–water partition coefficient (Wildman–Crippen LogP) is 1.26. The van der Waals surface area contributed by atoms with Gasteiger partial charge in [0.1, 0.15) is 36.2 Å². The maximum atomic E-state index is 13.8. The van der Waals surface area contributed by atoms with Crippen LogP contribution in [0.25, 0.3) is 11.3 Å². The van der Waals surface area contributed by atoms with Crippen molar-refractivity contribution >= 4 is 12.0 Å². The highest BCUT2D eigenvalue weighted by Gasteiger charge is 2.49. The van der Waals surface area contributed by atoms with E-state index in [9.17, 15) is 33.0 Å². The molecule has 3 saturated heterocycles. The molecule has 2 N–H and O–H groups in total. The van der Waals surface area contributed by atoms with Crippen molar-refractivity contribution in [3.8, 4) is 11.3 Å². The number of aliphatic hydroxyl groups is 2. The van der Waals surface area contributed by atoms with E-state index in [4.69, 9.17) is 14.2 Å². The summed E-state index contributed by atoms with van der Waals surface area (Å²) in [5.41, 5.74) is -0.0462. The number of hydrogen-bond donors (Lipinski definition) is 2. The summed E-state index contributed by atoms with van der Waals surface area (Å²) in [6, 6.07) is 0.550. The van der Waals surface area contributed by atoms with Gasteiger partial charge in [0.05, 0.1) is 25.5 Å². The fraction of sp³-hybridized carbons (Fsp3) is 0.615. The fourth-order valence-corrected chi connectivity index (χ4v) is 5.93. The Bertz CT molecular complexity index is 1250. The molecule has 0 spiro atoms. The average Bonchev–Trinajstić information content (AvgIpc) is 3.58. The van der Waals surface area contributed by atoms with Crippen molar-refractivity contribution in [3.63, 3.8) is 0 Å². The van der Waals surface area contributed by atoms with Gasteiger partial charge in [-0.2, -0.15) is 0 Å². The normalized spacial score (nSPS) is 29.2. The summed E-state index contributed by atoms with van der Waals surface area (Å²) in [4.78, 5) is 27.8.